The molecule has 0 saturated carbocycles. The van der Waals surface area contributed by atoms with Gasteiger partial charge in [-0.2, -0.15) is 0 Å². The van der Waals surface area contributed by atoms with E-state index in [1.54, 1.807) is 20.3 Å². The minimum absolute atomic E-state index is 0.0412. The zero-order valence-electron chi connectivity index (χ0n) is 21.2. The van der Waals surface area contributed by atoms with Gasteiger partial charge in [0.15, 0.2) is 0 Å². The molecule has 2 aliphatic heterocycles. The zero-order valence-corrected chi connectivity index (χ0v) is 21.2. The molecule has 2 aromatic rings. The number of aliphatic hydroxyl groups is 1. The molecule has 1 N–H and O–H groups in total. The van der Waals surface area contributed by atoms with Crippen LogP contribution in [-0.2, 0) is 4.74 Å². The third kappa shape index (κ3) is 7.33. The highest BCUT2D eigenvalue weighted by molar-refractivity contribution is 5.94. The summed E-state index contributed by atoms with van der Waals surface area (Å²) < 4.78 is 22.1. The summed E-state index contributed by atoms with van der Waals surface area (Å²) >= 11 is 0. The Balaban J connectivity index is 1.17. The van der Waals surface area contributed by atoms with Crippen molar-refractivity contribution < 1.29 is 28.8 Å². The smallest absolute Gasteiger partial charge is 0.254 e. The number of nitrogens with zero attached hydrogens (tertiary/aromatic N) is 3. The SMILES string of the molecule is COc1ccc(OC[C@H](O)CN2CCO[C@@H](CN3CCN(C(=O)c4cccc(OC)c4)CC3)C2)cc1. The second kappa shape index (κ2) is 12.9. The van der Waals surface area contributed by atoms with Crippen LogP contribution in [0.4, 0.5) is 0 Å². The number of benzene rings is 2. The van der Waals surface area contributed by atoms with E-state index >= 15 is 0 Å². The van der Waals surface area contributed by atoms with Crippen molar-refractivity contribution in [2.75, 3.05) is 79.8 Å². The van der Waals surface area contributed by atoms with Gasteiger partial charge < -0.3 is 29.0 Å². The fraction of sp³-hybridized carbons (Fsp3) is 0.519. The molecular weight excluding hydrogens is 462 g/mol. The molecule has 2 aromatic carbocycles. The van der Waals surface area contributed by atoms with Crippen LogP contribution in [0.2, 0.25) is 0 Å². The third-order valence-corrected chi connectivity index (χ3v) is 6.63. The van der Waals surface area contributed by atoms with E-state index in [9.17, 15) is 9.90 Å². The number of hydrogen-bond acceptors (Lipinski definition) is 8. The van der Waals surface area contributed by atoms with Crippen LogP contribution in [0.25, 0.3) is 0 Å². The van der Waals surface area contributed by atoms with E-state index in [1.165, 1.54) is 0 Å². The molecule has 0 spiro atoms. The van der Waals surface area contributed by atoms with Gasteiger partial charge in [-0.05, 0) is 42.5 Å². The van der Waals surface area contributed by atoms with Crippen molar-refractivity contribution in [3.05, 3.63) is 54.1 Å². The lowest BCUT2D eigenvalue weighted by Gasteiger charge is -2.39. The number of rotatable bonds is 10. The summed E-state index contributed by atoms with van der Waals surface area (Å²) in [5.74, 6) is 2.21. The Hall–Kier alpha value is -2.85. The number of aliphatic hydroxyl groups excluding tert-OH is 1. The average molecular weight is 500 g/mol. The molecule has 2 heterocycles. The maximum absolute atomic E-state index is 12.9. The van der Waals surface area contributed by atoms with E-state index in [-0.39, 0.29) is 18.6 Å². The Bertz CT molecular complexity index is 964. The normalized spacial score (nSPS) is 20.1. The monoisotopic (exact) mass is 499 g/mol. The van der Waals surface area contributed by atoms with Gasteiger partial charge in [-0.3, -0.25) is 14.6 Å². The second-order valence-electron chi connectivity index (χ2n) is 9.22. The van der Waals surface area contributed by atoms with Gasteiger partial charge >= 0.3 is 0 Å². The summed E-state index contributed by atoms with van der Waals surface area (Å²) in [4.78, 5) is 19.4. The lowest BCUT2D eigenvalue weighted by Crippen LogP contribution is -2.54. The molecule has 9 heteroatoms. The Kier molecular flexibility index (Phi) is 9.41. The molecule has 9 nitrogen and oxygen atoms in total. The predicted molar refractivity (Wildman–Crippen MR) is 136 cm³/mol. The molecule has 0 aromatic heterocycles. The van der Waals surface area contributed by atoms with Gasteiger partial charge in [0.2, 0.25) is 0 Å². The van der Waals surface area contributed by atoms with Gasteiger partial charge in [0.1, 0.15) is 30.0 Å². The van der Waals surface area contributed by atoms with Gasteiger partial charge in [0.05, 0.1) is 26.9 Å². The number of carbonyl (C=O) groups is 1. The minimum atomic E-state index is -0.586. The molecule has 2 atom stereocenters. The van der Waals surface area contributed by atoms with Crippen molar-refractivity contribution in [1.82, 2.24) is 14.7 Å². The number of morpholine rings is 1. The summed E-state index contributed by atoms with van der Waals surface area (Å²) in [5.41, 5.74) is 0.656. The van der Waals surface area contributed by atoms with Crippen molar-refractivity contribution in [3.8, 4) is 17.2 Å². The lowest BCUT2D eigenvalue weighted by molar-refractivity contribution is -0.0591. The van der Waals surface area contributed by atoms with Crippen LogP contribution < -0.4 is 14.2 Å². The Morgan fingerprint density at radius 2 is 1.69 bits per heavy atom. The second-order valence-corrected chi connectivity index (χ2v) is 9.22. The molecule has 0 aliphatic carbocycles. The number of ether oxygens (including phenoxy) is 4. The topological polar surface area (TPSA) is 83.9 Å². The van der Waals surface area contributed by atoms with Crippen molar-refractivity contribution in [2.24, 2.45) is 0 Å². The van der Waals surface area contributed by atoms with Crippen molar-refractivity contribution >= 4 is 5.91 Å². The Morgan fingerprint density at radius 3 is 2.42 bits per heavy atom. The summed E-state index contributed by atoms with van der Waals surface area (Å²) in [6, 6.07) is 14.6. The standard InChI is InChI=1S/C27H37N3O6/c1-33-23-6-8-24(9-7-23)36-20-22(31)17-29-14-15-35-26(19-29)18-28-10-12-30(13-11-28)27(32)21-4-3-5-25(16-21)34-2/h3-9,16,22,26,31H,10-15,17-20H2,1-2H3/t22-,26+/m1/s1. The van der Waals surface area contributed by atoms with Crippen molar-refractivity contribution in [1.29, 1.82) is 0 Å². The summed E-state index contributed by atoms with van der Waals surface area (Å²) in [6.07, 6.45) is -0.508. The van der Waals surface area contributed by atoms with Crippen LogP contribution in [0.3, 0.4) is 0 Å². The highest BCUT2D eigenvalue weighted by Gasteiger charge is 2.27. The summed E-state index contributed by atoms with van der Waals surface area (Å²) in [5, 5.41) is 10.5. The predicted octanol–water partition coefficient (Wildman–Crippen LogP) is 1.60. The van der Waals surface area contributed by atoms with E-state index in [4.69, 9.17) is 18.9 Å². The molecule has 196 valence electrons. The van der Waals surface area contributed by atoms with Gasteiger partial charge in [-0.25, -0.2) is 0 Å². The highest BCUT2D eigenvalue weighted by Crippen LogP contribution is 2.18. The first-order valence-corrected chi connectivity index (χ1v) is 12.5. The molecule has 36 heavy (non-hydrogen) atoms. The van der Waals surface area contributed by atoms with E-state index < -0.39 is 6.10 Å². The maximum atomic E-state index is 12.9. The van der Waals surface area contributed by atoms with Crippen LogP contribution in [0.1, 0.15) is 10.4 Å². The first kappa shape index (κ1) is 26.2. The zero-order chi connectivity index (χ0) is 25.3. The van der Waals surface area contributed by atoms with Gasteiger partial charge in [0, 0.05) is 57.9 Å². The molecule has 1 amide bonds. The molecule has 2 saturated heterocycles. The number of hydrogen-bond donors (Lipinski definition) is 1. The van der Waals surface area contributed by atoms with E-state index in [2.05, 4.69) is 9.80 Å². The fourth-order valence-corrected chi connectivity index (χ4v) is 4.63. The van der Waals surface area contributed by atoms with Gasteiger partial charge in [-0.15, -0.1) is 0 Å². The first-order valence-electron chi connectivity index (χ1n) is 12.5. The fourth-order valence-electron chi connectivity index (χ4n) is 4.63. The summed E-state index contributed by atoms with van der Waals surface area (Å²) in [7, 11) is 3.23. The average Bonchev–Trinajstić information content (AvgIpc) is 2.92. The van der Waals surface area contributed by atoms with E-state index in [1.807, 2.05) is 47.4 Å². The number of piperazine rings is 1. The molecule has 2 fully saturated rings. The molecule has 0 radical (unpaired) electrons. The van der Waals surface area contributed by atoms with Gasteiger partial charge in [0.25, 0.3) is 5.91 Å². The van der Waals surface area contributed by atoms with Crippen molar-refractivity contribution in [3.63, 3.8) is 0 Å². The Labute approximate surface area is 213 Å². The lowest BCUT2D eigenvalue weighted by atomic mass is 10.1. The van der Waals surface area contributed by atoms with Crippen LogP contribution >= 0.6 is 0 Å². The van der Waals surface area contributed by atoms with Gasteiger partial charge in [-0.1, -0.05) is 6.07 Å². The van der Waals surface area contributed by atoms with E-state index in [0.717, 1.165) is 38.5 Å². The van der Waals surface area contributed by atoms with Crippen LogP contribution in [0.5, 0.6) is 17.2 Å². The Morgan fingerprint density at radius 1 is 0.972 bits per heavy atom. The summed E-state index contributed by atoms with van der Waals surface area (Å²) in [6.45, 7) is 6.79. The maximum Gasteiger partial charge on any atom is 0.254 e. The van der Waals surface area contributed by atoms with E-state index in [0.29, 0.717) is 43.3 Å². The number of methoxy groups -OCH3 is 2. The van der Waals surface area contributed by atoms with Crippen LogP contribution in [0.15, 0.2) is 48.5 Å². The number of carbonyl (C=O) groups excluding carboxylic acids is 1. The third-order valence-electron chi connectivity index (χ3n) is 6.63. The molecule has 2 aliphatic rings. The van der Waals surface area contributed by atoms with Crippen LogP contribution in [0, 0.1) is 0 Å². The first-order chi connectivity index (χ1) is 17.5. The van der Waals surface area contributed by atoms with Crippen LogP contribution in [-0.4, -0.2) is 118 Å². The molecular formula is C27H37N3O6. The number of β-amino-alcohol motifs (C(OH)–C–C–N with tert-alkyl or cyclic N) is 1. The highest BCUT2D eigenvalue weighted by atomic mass is 16.5. The molecule has 0 unspecified atom stereocenters. The molecule has 4 rings (SSSR count). The molecule has 0 bridgehead atoms. The quantitative estimate of drug-likeness (QED) is 0.528. The largest absolute Gasteiger partial charge is 0.497 e. The number of amides is 1. The van der Waals surface area contributed by atoms with Crippen molar-refractivity contribution in [2.45, 2.75) is 12.2 Å². The minimum Gasteiger partial charge on any atom is -0.497 e.